The Labute approximate surface area is 146 Å². The first-order valence-corrected chi connectivity index (χ1v) is 8.66. The second kappa shape index (κ2) is 6.69. The maximum atomic E-state index is 12.8. The Balaban J connectivity index is 1.78. The lowest BCUT2D eigenvalue weighted by Gasteiger charge is -2.21. The van der Waals surface area contributed by atoms with Crippen LogP contribution in [0.15, 0.2) is 48.7 Å². The fraction of sp³-hybridized carbons (Fsp3) is 0.300. The highest BCUT2D eigenvalue weighted by molar-refractivity contribution is 5.96. The van der Waals surface area contributed by atoms with Gasteiger partial charge in [-0.25, -0.2) is 4.98 Å². The van der Waals surface area contributed by atoms with Crippen LogP contribution >= 0.6 is 0 Å². The number of rotatable bonds is 3. The van der Waals surface area contributed by atoms with E-state index < -0.39 is 0 Å². The van der Waals surface area contributed by atoms with Crippen LogP contribution in [-0.4, -0.2) is 28.5 Å². The number of ether oxygens (including phenoxy) is 1. The van der Waals surface area contributed by atoms with Crippen molar-refractivity contribution in [1.82, 2.24) is 9.38 Å². The molecule has 0 radical (unpaired) electrons. The SMILES string of the molecule is Cc1cccn2c(NC(=O)C3CCOCC3)c(-c3ccccc3)nc12. The first-order chi connectivity index (χ1) is 12.2. The molecular formula is C20H21N3O2. The minimum Gasteiger partial charge on any atom is -0.381 e. The lowest BCUT2D eigenvalue weighted by Crippen LogP contribution is -2.29. The van der Waals surface area contributed by atoms with Crippen molar-refractivity contribution in [3.63, 3.8) is 0 Å². The summed E-state index contributed by atoms with van der Waals surface area (Å²) in [5.41, 5.74) is 3.73. The summed E-state index contributed by atoms with van der Waals surface area (Å²) in [7, 11) is 0. The summed E-state index contributed by atoms with van der Waals surface area (Å²) in [6.07, 6.45) is 3.48. The molecule has 0 unspecified atom stereocenters. The minimum absolute atomic E-state index is 0.00673. The third kappa shape index (κ3) is 3.03. The highest BCUT2D eigenvalue weighted by atomic mass is 16.5. The van der Waals surface area contributed by atoms with Crippen molar-refractivity contribution in [2.45, 2.75) is 19.8 Å². The number of amides is 1. The van der Waals surface area contributed by atoms with Gasteiger partial charge in [-0.05, 0) is 31.4 Å². The zero-order valence-corrected chi connectivity index (χ0v) is 14.2. The van der Waals surface area contributed by atoms with E-state index in [1.807, 2.05) is 60.0 Å². The molecule has 25 heavy (non-hydrogen) atoms. The molecule has 3 aromatic rings. The molecule has 1 fully saturated rings. The predicted molar refractivity (Wildman–Crippen MR) is 97.5 cm³/mol. The number of carbonyl (C=O) groups is 1. The molecule has 1 aliphatic rings. The van der Waals surface area contributed by atoms with E-state index in [1.165, 1.54) is 0 Å². The summed E-state index contributed by atoms with van der Waals surface area (Å²) in [6, 6.07) is 14.0. The smallest absolute Gasteiger partial charge is 0.228 e. The van der Waals surface area contributed by atoms with Gasteiger partial charge in [0.05, 0.1) is 0 Å². The molecular weight excluding hydrogens is 314 g/mol. The van der Waals surface area contributed by atoms with Crippen LogP contribution in [0.2, 0.25) is 0 Å². The largest absolute Gasteiger partial charge is 0.381 e. The average molecular weight is 335 g/mol. The fourth-order valence-electron chi connectivity index (χ4n) is 3.30. The molecule has 1 aromatic carbocycles. The van der Waals surface area contributed by atoms with Crippen molar-refractivity contribution in [3.8, 4) is 11.3 Å². The van der Waals surface area contributed by atoms with Crippen LogP contribution in [0.4, 0.5) is 5.82 Å². The summed E-state index contributed by atoms with van der Waals surface area (Å²) in [5, 5.41) is 3.13. The summed E-state index contributed by atoms with van der Waals surface area (Å²) >= 11 is 0. The lowest BCUT2D eigenvalue weighted by atomic mass is 9.99. The molecule has 3 heterocycles. The molecule has 4 rings (SSSR count). The van der Waals surface area contributed by atoms with E-state index in [2.05, 4.69) is 5.32 Å². The van der Waals surface area contributed by atoms with E-state index in [1.54, 1.807) is 0 Å². The molecule has 2 aromatic heterocycles. The maximum absolute atomic E-state index is 12.8. The van der Waals surface area contributed by atoms with E-state index in [4.69, 9.17) is 9.72 Å². The van der Waals surface area contributed by atoms with Crippen molar-refractivity contribution < 1.29 is 9.53 Å². The zero-order chi connectivity index (χ0) is 17.2. The van der Waals surface area contributed by atoms with Crippen molar-refractivity contribution in [2.24, 2.45) is 5.92 Å². The topological polar surface area (TPSA) is 55.6 Å². The van der Waals surface area contributed by atoms with Gasteiger partial charge in [0.1, 0.15) is 17.2 Å². The normalized spacial score (nSPS) is 15.4. The van der Waals surface area contributed by atoms with Crippen LogP contribution in [0.1, 0.15) is 18.4 Å². The molecule has 1 saturated heterocycles. The van der Waals surface area contributed by atoms with Crippen molar-refractivity contribution in [1.29, 1.82) is 0 Å². The highest BCUT2D eigenvalue weighted by Gasteiger charge is 2.24. The Morgan fingerprint density at radius 3 is 2.68 bits per heavy atom. The van der Waals surface area contributed by atoms with Crippen molar-refractivity contribution >= 4 is 17.4 Å². The number of carbonyl (C=O) groups excluding carboxylic acids is 1. The van der Waals surface area contributed by atoms with E-state index in [-0.39, 0.29) is 11.8 Å². The molecule has 1 amide bonds. The molecule has 128 valence electrons. The lowest BCUT2D eigenvalue weighted by molar-refractivity contribution is -0.122. The van der Waals surface area contributed by atoms with Crippen LogP contribution in [-0.2, 0) is 9.53 Å². The number of imidazole rings is 1. The maximum Gasteiger partial charge on any atom is 0.228 e. The number of nitrogens with one attached hydrogen (secondary N) is 1. The third-order valence-electron chi connectivity index (χ3n) is 4.73. The van der Waals surface area contributed by atoms with Gasteiger partial charge in [0.2, 0.25) is 5.91 Å². The Hall–Kier alpha value is -2.66. The van der Waals surface area contributed by atoms with Gasteiger partial charge in [-0.3, -0.25) is 9.20 Å². The van der Waals surface area contributed by atoms with Gasteiger partial charge in [-0.1, -0.05) is 36.4 Å². The van der Waals surface area contributed by atoms with Gasteiger partial charge in [-0.2, -0.15) is 0 Å². The summed E-state index contributed by atoms with van der Waals surface area (Å²) in [6.45, 7) is 3.33. The van der Waals surface area contributed by atoms with E-state index in [0.29, 0.717) is 13.2 Å². The Kier molecular flexibility index (Phi) is 4.24. The zero-order valence-electron chi connectivity index (χ0n) is 14.2. The molecule has 5 nitrogen and oxygen atoms in total. The number of hydrogen-bond donors (Lipinski definition) is 1. The third-order valence-corrected chi connectivity index (χ3v) is 4.73. The monoisotopic (exact) mass is 335 g/mol. The molecule has 1 N–H and O–H groups in total. The van der Waals surface area contributed by atoms with Crippen LogP contribution in [0.5, 0.6) is 0 Å². The molecule has 0 bridgehead atoms. The van der Waals surface area contributed by atoms with Crippen molar-refractivity contribution in [2.75, 3.05) is 18.5 Å². The van der Waals surface area contributed by atoms with E-state index in [0.717, 1.165) is 41.1 Å². The molecule has 1 aliphatic heterocycles. The molecule has 0 atom stereocenters. The molecule has 5 heteroatoms. The van der Waals surface area contributed by atoms with E-state index >= 15 is 0 Å². The fourth-order valence-corrected chi connectivity index (χ4v) is 3.30. The highest BCUT2D eigenvalue weighted by Crippen LogP contribution is 2.30. The van der Waals surface area contributed by atoms with Gasteiger partial charge in [0, 0.05) is 30.9 Å². The average Bonchev–Trinajstić information content (AvgIpc) is 3.03. The number of anilines is 1. The van der Waals surface area contributed by atoms with Gasteiger partial charge in [0.25, 0.3) is 0 Å². The van der Waals surface area contributed by atoms with Crippen LogP contribution < -0.4 is 5.32 Å². The number of nitrogens with zero attached hydrogens (tertiary/aromatic N) is 2. The second-order valence-corrected chi connectivity index (χ2v) is 6.44. The minimum atomic E-state index is -0.00673. The van der Waals surface area contributed by atoms with Crippen molar-refractivity contribution in [3.05, 3.63) is 54.2 Å². The first kappa shape index (κ1) is 15.8. The number of fused-ring (bicyclic) bond motifs is 1. The molecule has 0 aliphatic carbocycles. The Morgan fingerprint density at radius 2 is 1.92 bits per heavy atom. The summed E-state index contributed by atoms with van der Waals surface area (Å²) in [5.74, 6) is 0.776. The predicted octanol–water partition coefficient (Wildman–Crippen LogP) is 3.67. The standard InChI is InChI=1S/C20H21N3O2/c1-14-6-5-11-23-18(14)21-17(15-7-3-2-4-8-15)19(23)22-20(24)16-9-12-25-13-10-16/h2-8,11,16H,9-10,12-13H2,1H3,(H,22,24). The van der Waals surface area contributed by atoms with Crippen LogP contribution in [0, 0.1) is 12.8 Å². The van der Waals surface area contributed by atoms with Crippen LogP contribution in [0.3, 0.4) is 0 Å². The van der Waals surface area contributed by atoms with E-state index in [9.17, 15) is 4.79 Å². The van der Waals surface area contributed by atoms with Gasteiger partial charge in [-0.15, -0.1) is 0 Å². The Morgan fingerprint density at radius 1 is 1.16 bits per heavy atom. The van der Waals surface area contributed by atoms with Gasteiger partial charge >= 0.3 is 0 Å². The number of aromatic nitrogens is 2. The molecule has 0 saturated carbocycles. The number of benzene rings is 1. The van der Waals surface area contributed by atoms with Crippen LogP contribution in [0.25, 0.3) is 16.9 Å². The summed E-state index contributed by atoms with van der Waals surface area (Å²) in [4.78, 5) is 17.6. The number of hydrogen-bond acceptors (Lipinski definition) is 3. The number of pyridine rings is 1. The van der Waals surface area contributed by atoms with Gasteiger partial charge < -0.3 is 10.1 Å². The Bertz CT molecular complexity index is 896. The quantitative estimate of drug-likeness (QED) is 0.794. The molecule has 0 spiro atoms. The van der Waals surface area contributed by atoms with Gasteiger partial charge in [0.15, 0.2) is 0 Å². The second-order valence-electron chi connectivity index (χ2n) is 6.44. The summed E-state index contributed by atoms with van der Waals surface area (Å²) < 4.78 is 7.33. The number of aryl methyl sites for hydroxylation is 1. The first-order valence-electron chi connectivity index (χ1n) is 8.66.